The highest BCUT2D eigenvalue weighted by Crippen LogP contribution is 2.15. The Morgan fingerprint density at radius 3 is 2.72 bits per heavy atom. The van der Waals surface area contributed by atoms with Crippen molar-refractivity contribution in [3.05, 3.63) is 30.3 Å². The topological polar surface area (TPSA) is 55.1 Å². The van der Waals surface area contributed by atoms with Crippen LogP contribution >= 0.6 is 23.5 Å². The van der Waals surface area contributed by atoms with Crippen LogP contribution in [0.2, 0.25) is 0 Å². The average molecular weight is 284 g/mol. The molecular weight excluding hydrogens is 264 g/mol. The van der Waals surface area contributed by atoms with Crippen molar-refractivity contribution in [2.45, 2.75) is 11.3 Å². The molecule has 3 N–H and O–H groups in total. The summed E-state index contributed by atoms with van der Waals surface area (Å²) in [5.74, 6) is 2.52. The molecule has 0 bridgehead atoms. The van der Waals surface area contributed by atoms with Crippen molar-refractivity contribution in [3.8, 4) is 0 Å². The molecule has 0 fully saturated rings. The fourth-order valence-corrected chi connectivity index (χ4v) is 2.87. The van der Waals surface area contributed by atoms with Crippen LogP contribution < -0.4 is 11.1 Å². The third-order valence-electron chi connectivity index (χ3n) is 2.16. The van der Waals surface area contributed by atoms with E-state index < -0.39 is 0 Å². The summed E-state index contributed by atoms with van der Waals surface area (Å²) in [6, 6.07) is 10.2. The lowest BCUT2D eigenvalue weighted by Crippen LogP contribution is -2.27. The van der Waals surface area contributed by atoms with Crippen LogP contribution in [0.1, 0.15) is 6.42 Å². The van der Waals surface area contributed by atoms with Gasteiger partial charge in [0.05, 0.1) is 5.75 Å². The van der Waals surface area contributed by atoms with Gasteiger partial charge in [-0.2, -0.15) is 11.8 Å². The minimum Gasteiger partial charge on any atom is -0.355 e. The van der Waals surface area contributed by atoms with Crippen molar-refractivity contribution in [3.63, 3.8) is 0 Å². The highest BCUT2D eigenvalue weighted by molar-refractivity contribution is 8.00. The summed E-state index contributed by atoms with van der Waals surface area (Å²) in [4.78, 5) is 12.7. The summed E-state index contributed by atoms with van der Waals surface area (Å²) in [5.41, 5.74) is 5.38. The first-order valence-electron chi connectivity index (χ1n) is 6.05. The molecule has 0 saturated carbocycles. The molecule has 100 valence electrons. The van der Waals surface area contributed by atoms with Gasteiger partial charge in [0.2, 0.25) is 5.91 Å². The first-order chi connectivity index (χ1) is 8.83. The van der Waals surface area contributed by atoms with Gasteiger partial charge in [0, 0.05) is 17.2 Å². The van der Waals surface area contributed by atoms with E-state index in [0.29, 0.717) is 12.3 Å². The van der Waals surface area contributed by atoms with Gasteiger partial charge >= 0.3 is 0 Å². The molecule has 1 amide bonds. The molecule has 0 aliphatic carbocycles. The van der Waals surface area contributed by atoms with Crippen LogP contribution in [-0.2, 0) is 4.79 Å². The summed E-state index contributed by atoms with van der Waals surface area (Å²) in [6.07, 6.45) is 0.974. The number of hydrogen-bond acceptors (Lipinski definition) is 4. The van der Waals surface area contributed by atoms with Crippen molar-refractivity contribution >= 4 is 29.4 Å². The molecule has 0 aliphatic rings. The molecular formula is C13H20N2OS2. The molecule has 0 radical (unpaired) electrons. The van der Waals surface area contributed by atoms with E-state index in [9.17, 15) is 4.79 Å². The normalized spacial score (nSPS) is 10.3. The standard InChI is InChI=1S/C13H20N2OS2/c14-7-4-9-17-11-13(16)15-8-10-18-12-5-2-1-3-6-12/h1-3,5-6H,4,7-11,14H2,(H,15,16). The van der Waals surface area contributed by atoms with E-state index in [1.807, 2.05) is 18.2 Å². The first kappa shape index (κ1) is 15.4. The van der Waals surface area contributed by atoms with Gasteiger partial charge in [-0.25, -0.2) is 0 Å². The first-order valence-corrected chi connectivity index (χ1v) is 8.19. The number of benzene rings is 1. The maximum atomic E-state index is 11.4. The van der Waals surface area contributed by atoms with Gasteiger partial charge in [0.25, 0.3) is 0 Å². The molecule has 0 unspecified atom stereocenters. The summed E-state index contributed by atoms with van der Waals surface area (Å²) < 4.78 is 0. The number of carbonyl (C=O) groups is 1. The summed E-state index contributed by atoms with van der Waals surface area (Å²) in [5, 5.41) is 2.92. The lowest BCUT2D eigenvalue weighted by molar-refractivity contribution is -0.118. The van der Waals surface area contributed by atoms with Crippen LogP contribution in [0, 0.1) is 0 Å². The van der Waals surface area contributed by atoms with Crippen LogP contribution in [0.25, 0.3) is 0 Å². The molecule has 0 aromatic heterocycles. The SMILES string of the molecule is NCCCSCC(=O)NCCSc1ccccc1. The zero-order valence-corrected chi connectivity index (χ0v) is 12.1. The Kier molecular flexibility index (Phi) is 8.81. The van der Waals surface area contributed by atoms with Crippen LogP contribution in [-0.4, -0.2) is 36.3 Å². The fourth-order valence-electron chi connectivity index (χ4n) is 1.28. The number of nitrogens with two attached hydrogens (primary N) is 1. The van der Waals surface area contributed by atoms with Crippen molar-refractivity contribution in [2.75, 3.05) is 30.3 Å². The van der Waals surface area contributed by atoms with E-state index in [0.717, 1.165) is 24.5 Å². The number of thioether (sulfide) groups is 2. The van der Waals surface area contributed by atoms with Gasteiger partial charge in [-0.05, 0) is 30.9 Å². The van der Waals surface area contributed by atoms with Gasteiger partial charge in [-0.15, -0.1) is 11.8 Å². The molecule has 1 aromatic rings. The number of rotatable bonds is 9. The maximum Gasteiger partial charge on any atom is 0.230 e. The second-order valence-electron chi connectivity index (χ2n) is 3.71. The van der Waals surface area contributed by atoms with E-state index in [2.05, 4.69) is 17.4 Å². The van der Waals surface area contributed by atoms with Crippen molar-refractivity contribution in [2.24, 2.45) is 5.73 Å². The molecule has 0 spiro atoms. The minimum absolute atomic E-state index is 0.116. The largest absolute Gasteiger partial charge is 0.355 e. The molecule has 0 heterocycles. The van der Waals surface area contributed by atoms with Gasteiger partial charge in [0.15, 0.2) is 0 Å². The summed E-state index contributed by atoms with van der Waals surface area (Å²) in [6.45, 7) is 1.41. The molecule has 1 rings (SSSR count). The molecule has 1 aromatic carbocycles. The number of hydrogen-bond donors (Lipinski definition) is 2. The van der Waals surface area contributed by atoms with Crippen molar-refractivity contribution in [1.82, 2.24) is 5.32 Å². The van der Waals surface area contributed by atoms with E-state index >= 15 is 0 Å². The molecule has 5 heteroatoms. The Hall–Kier alpha value is -0.650. The fraction of sp³-hybridized carbons (Fsp3) is 0.462. The van der Waals surface area contributed by atoms with Crippen LogP contribution in [0.15, 0.2) is 35.2 Å². The lowest BCUT2D eigenvalue weighted by atomic mass is 10.4. The molecule has 0 aliphatic heterocycles. The van der Waals surface area contributed by atoms with Gasteiger partial charge in [0.1, 0.15) is 0 Å². The van der Waals surface area contributed by atoms with Crippen molar-refractivity contribution in [1.29, 1.82) is 0 Å². The van der Waals surface area contributed by atoms with Crippen LogP contribution in [0.3, 0.4) is 0 Å². The Bertz CT molecular complexity index is 333. The third kappa shape index (κ3) is 7.63. The molecule has 0 atom stereocenters. The zero-order valence-electron chi connectivity index (χ0n) is 10.4. The smallest absolute Gasteiger partial charge is 0.230 e. The van der Waals surface area contributed by atoms with Gasteiger partial charge < -0.3 is 11.1 Å². The second-order valence-corrected chi connectivity index (χ2v) is 5.98. The Balaban J connectivity index is 1.99. The van der Waals surface area contributed by atoms with E-state index in [-0.39, 0.29) is 5.91 Å². The van der Waals surface area contributed by atoms with E-state index in [4.69, 9.17) is 5.73 Å². The van der Waals surface area contributed by atoms with Gasteiger partial charge in [-0.1, -0.05) is 18.2 Å². The number of nitrogens with one attached hydrogen (secondary N) is 1. The molecule has 0 saturated heterocycles. The molecule has 18 heavy (non-hydrogen) atoms. The third-order valence-corrected chi connectivity index (χ3v) is 4.22. The summed E-state index contributed by atoms with van der Waals surface area (Å²) >= 11 is 3.40. The number of amides is 1. The second kappa shape index (κ2) is 10.3. The van der Waals surface area contributed by atoms with Crippen LogP contribution in [0.5, 0.6) is 0 Å². The van der Waals surface area contributed by atoms with Crippen molar-refractivity contribution < 1.29 is 4.79 Å². The van der Waals surface area contributed by atoms with E-state index in [1.54, 1.807) is 23.5 Å². The van der Waals surface area contributed by atoms with Gasteiger partial charge in [-0.3, -0.25) is 4.79 Å². The highest BCUT2D eigenvalue weighted by Gasteiger charge is 2.00. The lowest BCUT2D eigenvalue weighted by Gasteiger charge is -2.05. The Morgan fingerprint density at radius 1 is 1.22 bits per heavy atom. The minimum atomic E-state index is 0.116. The zero-order chi connectivity index (χ0) is 13.1. The Labute approximate surface area is 117 Å². The average Bonchev–Trinajstić information content (AvgIpc) is 2.41. The number of carbonyl (C=O) groups excluding carboxylic acids is 1. The maximum absolute atomic E-state index is 11.4. The predicted octanol–water partition coefficient (Wildman–Crippen LogP) is 1.98. The quantitative estimate of drug-likeness (QED) is 0.538. The predicted molar refractivity (Wildman–Crippen MR) is 81.2 cm³/mol. The summed E-state index contributed by atoms with van der Waals surface area (Å²) in [7, 11) is 0. The highest BCUT2D eigenvalue weighted by atomic mass is 32.2. The van der Waals surface area contributed by atoms with E-state index in [1.165, 1.54) is 4.90 Å². The van der Waals surface area contributed by atoms with Crippen LogP contribution in [0.4, 0.5) is 0 Å². The molecule has 3 nitrogen and oxygen atoms in total. The Morgan fingerprint density at radius 2 is 2.00 bits per heavy atom. The monoisotopic (exact) mass is 284 g/mol.